The molecule has 43 heavy (non-hydrogen) atoms. The van der Waals surface area contributed by atoms with E-state index in [1.54, 1.807) is 0 Å². The van der Waals surface area contributed by atoms with Crippen molar-refractivity contribution in [3.63, 3.8) is 0 Å². The molecule has 3 aromatic carbocycles. The lowest BCUT2D eigenvalue weighted by molar-refractivity contribution is 0.0690. The Kier molecular flexibility index (Phi) is 8.16. The number of carbonyl (C=O) groups is 1. The first-order valence-corrected chi connectivity index (χ1v) is 15.7. The second-order valence-corrected chi connectivity index (χ2v) is 13.5. The number of ether oxygens (including phenoxy) is 1. The molecule has 1 fully saturated rings. The highest BCUT2D eigenvalue weighted by atomic mass is 32.2. The van der Waals surface area contributed by atoms with Gasteiger partial charge in [0.05, 0.1) is 12.2 Å². The molecule has 4 aromatic rings. The molecule has 2 aliphatic rings. The highest BCUT2D eigenvalue weighted by Crippen LogP contribution is 2.31. The molecule has 3 heterocycles. The summed E-state index contributed by atoms with van der Waals surface area (Å²) in [6.07, 6.45) is -0.273. The summed E-state index contributed by atoms with van der Waals surface area (Å²) in [7, 11) is 0. The zero-order valence-corrected chi connectivity index (χ0v) is 26.4. The molecule has 0 unspecified atom stereocenters. The number of nitrogens with zero attached hydrogens (tertiary/aromatic N) is 4. The standard InChI is InChI=1S/C35H39N5O2S/c1-23-8-6-9-24(2)32(23)30-19-31-37-34(36-30)38-43-29-11-7-10-26(18-29)33(41)40-17-16-39(21-28(22-40)42-31)20-25-12-14-27(15-13-25)35(3,4)5/h6-15,18-19,28H,16-17,20-22H2,1-5H3,(H,36,37,38)/t28-/m1/s1. The summed E-state index contributed by atoms with van der Waals surface area (Å²) in [6.45, 7) is 14.2. The van der Waals surface area contributed by atoms with Crippen LogP contribution >= 0.6 is 11.9 Å². The molecule has 222 valence electrons. The number of rotatable bonds is 3. The van der Waals surface area contributed by atoms with Crippen molar-refractivity contribution >= 4 is 23.8 Å². The average Bonchev–Trinajstić information content (AvgIpc) is 3.17. The first kappa shape index (κ1) is 29.2. The molecule has 0 spiro atoms. The first-order chi connectivity index (χ1) is 20.6. The molecule has 1 N–H and O–H groups in total. The summed E-state index contributed by atoms with van der Waals surface area (Å²) in [5.41, 5.74) is 7.51. The van der Waals surface area contributed by atoms with Gasteiger partial charge in [-0.1, -0.05) is 69.3 Å². The quantitative estimate of drug-likeness (QED) is 0.259. The summed E-state index contributed by atoms with van der Waals surface area (Å²) in [5.74, 6) is 0.980. The minimum absolute atomic E-state index is 0.0145. The number of amides is 1. The molecule has 6 bridgehead atoms. The van der Waals surface area contributed by atoms with Gasteiger partial charge in [-0.15, -0.1) is 0 Å². The highest BCUT2D eigenvalue weighted by Gasteiger charge is 2.29. The number of benzene rings is 3. The normalized spacial score (nSPS) is 17.6. The summed E-state index contributed by atoms with van der Waals surface area (Å²) in [4.78, 5) is 28.7. The van der Waals surface area contributed by atoms with Gasteiger partial charge < -0.3 is 9.64 Å². The molecule has 1 aromatic heterocycles. The van der Waals surface area contributed by atoms with Gasteiger partial charge in [0.2, 0.25) is 11.8 Å². The number of aryl methyl sites for hydroxylation is 2. The number of aromatic nitrogens is 2. The maximum atomic E-state index is 13.8. The smallest absolute Gasteiger partial charge is 0.254 e. The van der Waals surface area contributed by atoms with Gasteiger partial charge in [-0.3, -0.25) is 14.4 Å². The maximum Gasteiger partial charge on any atom is 0.254 e. The SMILES string of the molecule is Cc1cccc(C)c1-c1cc2nc(n1)NSc1cccc(c1)C(=O)N1CCN(Cc3ccc(C(C)(C)C)cc3)C[C@H](C1)O2. The van der Waals surface area contributed by atoms with Gasteiger partial charge in [-0.25, -0.2) is 4.98 Å². The van der Waals surface area contributed by atoms with Gasteiger partial charge in [0.15, 0.2) is 0 Å². The molecule has 0 radical (unpaired) electrons. The van der Waals surface area contributed by atoms with Crippen molar-refractivity contribution in [2.45, 2.75) is 57.6 Å². The zero-order valence-electron chi connectivity index (χ0n) is 25.6. The topological polar surface area (TPSA) is 70.6 Å². The molecule has 1 amide bonds. The van der Waals surface area contributed by atoms with Crippen LogP contribution in [0.15, 0.2) is 77.7 Å². The van der Waals surface area contributed by atoms with E-state index >= 15 is 0 Å². The summed E-state index contributed by atoms with van der Waals surface area (Å²) >= 11 is 1.39. The van der Waals surface area contributed by atoms with Gasteiger partial charge in [-0.05, 0) is 71.7 Å². The Hall–Kier alpha value is -3.88. The fraction of sp³-hybridized carbons (Fsp3) is 0.343. The molecule has 1 saturated heterocycles. The number of hydrogen-bond donors (Lipinski definition) is 1. The van der Waals surface area contributed by atoms with Gasteiger partial charge in [0.25, 0.3) is 5.91 Å². The van der Waals surface area contributed by atoms with Crippen LogP contribution in [0.1, 0.15) is 53.4 Å². The monoisotopic (exact) mass is 593 g/mol. The van der Waals surface area contributed by atoms with Crippen LogP contribution in [-0.2, 0) is 12.0 Å². The van der Waals surface area contributed by atoms with Crippen LogP contribution in [0.4, 0.5) is 5.95 Å². The highest BCUT2D eigenvalue weighted by molar-refractivity contribution is 8.00. The Bertz CT molecular complexity index is 1610. The van der Waals surface area contributed by atoms with Crippen LogP contribution in [0.5, 0.6) is 5.88 Å². The molecular formula is C35H39N5O2S. The van der Waals surface area contributed by atoms with Crippen LogP contribution in [0.3, 0.4) is 0 Å². The van der Waals surface area contributed by atoms with Crippen LogP contribution in [0, 0.1) is 13.8 Å². The van der Waals surface area contributed by atoms with E-state index in [-0.39, 0.29) is 17.4 Å². The second kappa shape index (κ2) is 12.0. The van der Waals surface area contributed by atoms with Gasteiger partial charge in [0.1, 0.15) is 6.10 Å². The number of anilines is 1. The number of fused-ring (bicyclic) bond motifs is 6. The average molecular weight is 594 g/mol. The summed E-state index contributed by atoms with van der Waals surface area (Å²) in [5, 5.41) is 0. The van der Waals surface area contributed by atoms with Crippen molar-refractivity contribution in [1.29, 1.82) is 0 Å². The molecule has 7 nitrogen and oxygen atoms in total. The molecule has 2 aliphatic heterocycles. The lowest BCUT2D eigenvalue weighted by atomic mass is 9.87. The lowest BCUT2D eigenvalue weighted by Gasteiger charge is -2.25. The number of carbonyl (C=O) groups excluding carboxylic acids is 1. The first-order valence-electron chi connectivity index (χ1n) is 14.9. The fourth-order valence-corrected chi connectivity index (χ4v) is 6.47. The van der Waals surface area contributed by atoms with E-state index in [1.807, 2.05) is 35.2 Å². The third-order valence-corrected chi connectivity index (χ3v) is 8.93. The minimum Gasteiger partial charge on any atom is -0.471 e. The van der Waals surface area contributed by atoms with Crippen molar-refractivity contribution in [3.8, 4) is 17.1 Å². The van der Waals surface area contributed by atoms with Crippen LogP contribution < -0.4 is 9.46 Å². The third kappa shape index (κ3) is 6.71. The molecule has 0 saturated carbocycles. The summed E-state index contributed by atoms with van der Waals surface area (Å²) < 4.78 is 9.97. The van der Waals surface area contributed by atoms with E-state index in [0.717, 1.165) is 40.4 Å². The van der Waals surface area contributed by atoms with E-state index in [2.05, 4.69) is 86.7 Å². The van der Waals surface area contributed by atoms with Crippen molar-refractivity contribution < 1.29 is 9.53 Å². The Balaban J connectivity index is 1.36. The van der Waals surface area contributed by atoms with Crippen molar-refractivity contribution in [2.75, 3.05) is 30.9 Å². The Labute approximate surface area is 258 Å². The van der Waals surface area contributed by atoms with E-state index < -0.39 is 0 Å². The van der Waals surface area contributed by atoms with E-state index in [0.29, 0.717) is 37.0 Å². The molecular weight excluding hydrogens is 554 g/mol. The van der Waals surface area contributed by atoms with Crippen molar-refractivity contribution in [2.24, 2.45) is 0 Å². The Morgan fingerprint density at radius 3 is 2.42 bits per heavy atom. The minimum atomic E-state index is -0.273. The second-order valence-electron chi connectivity index (χ2n) is 12.6. The Morgan fingerprint density at radius 2 is 1.67 bits per heavy atom. The Morgan fingerprint density at radius 1 is 0.930 bits per heavy atom. The van der Waals surface area contributed by atoms with Crippen molar-refractivity contribution in [1.82, 2.24) is 19.8 Å². The van der Waals surface area contributed by atoms with E-state index in [1.165, 1.54) is 23.1 Å². The van der Waals surface area contributed by atoms with Crippen LogP contribution in [0.2, 0.25) is 0 Å². The maximum absolute atomic E-state index is 13.8. The predicted octanol–water partition coefficient (Wildman–Crippen LogP) is 6.90. The number of hydrogen-bond acceptors (Lipinski definition) is 7. The fourth-order valence-electron chi connectivity index (χ4n) is 5.84. The molecule has 0 aliphatic carbocycles. The zero-order chi connectivity index (χ0) is 30.1. The van der Waals surface area contributed by atoms with E-state index in [4.69, 9.17) is 14.7 Å². The third-order valence-electron chi connectivity index (χ3n) is 8.15. The largest absolute Gasteiger partial charge is 0.471 e. The van der Waals surface area contributed by atoms with Crippen LogP contribution in [-0.4, -0.2) is 58.0 Å². The summed E-state index contributed by atoms with van der Waals surface area (Å²) in [6, 6.07) is 24.8. The van der Waals surface area contributed by atoms with Gasteiger partial charge in [-0.2, -0.15) is 4.98 Å². The molecule has 8 heteroatoms. The number of nitrogens with one attached hydrogen (secondary N) is 1. The molecule has 6 rings (SSSR count). The lowest BCUT2D eigenvalue weighted by Crippen LogP contribution is -2.40. The predicted molar refractivity (Wildman–Crippen MR) is 174 cm³/mol. The van der Waals surface area contributed by atoms with Crippen LogP contribution in [0.25, 0.3) is 11.3 Å². The van der Waals surface area contributed by atoms with E-state index in [9.17, 15) is 4.79 Å². The van der Waals surface area contributed by atoms with Gasteiger partial charge in [0, 0.05) is 48.3 Å². The molecule has 1 atom stereocenters. The van der Waals surface area contributed by atoms with Gasteiger partial charge >= 0.3 is 0 Å². The van der Waals surface area contributed by atoms with Crippen molar-refractivity contribution in [3.05, 3.63) is 101 Å².